The van der Waals surface area contributed by atoms with Gasteiger partial charge < -0.3 is 15.8 Å². The number of rotatable bonds is 4. The summed E-state index contributed by atoms with van der Waals surface area (Å²) in [5, 5.41) is 8.93. The third kappa shape index (κ3) is 6.31. The zero-order valence-corrected chi connectivity index (χ0v) is 9.55. The van der Waals surface area contributed by atoms with Crippen molar-refractivity contribution < 1.29 is 21.7 Å². The fraction of sp³-hybridized carbons (Fsp3) is 0.143. The molecule has 1 rings (SSSR count). The second-order valence-corrected chi connectivity index (χ2v) is 4.29. The van der Waals surface area contributed by atoms with E-state index in [2.05, 4.69) is 3.63 Å². The molecule has 0 aliphatic rings. The number of quaternary nitrogens is 1. The van der Waals surface area contributed by atoms with Gasteiger partial charge in [0.25, 0.3) is 0 Å². The summed E-state index contributed by atoms with van der Waals surface area (Å²) in [5.74, 6) is 0.345. The zero-order valence-electron chi connectivity index (χ0n) is 7.91. The van der Waals surface area contributed by atoms with Gasteiger partial charge in [-0.05, 0) is 17.7 Å². The molecule has 0 fully saturated rings. The highest BCUT2D eigenvalue weighted by Crippen LogP contribution is 2.17. The van der Waals surface area contributed by atoms with Crippen molar-refractivity contribution in [2.45, 2.75) is 5.75 Å². The Hall–Kier alpha value is -0.800. The van der Waals surface area contributed by atoms with Gasteiger partial charge in [0, 0.05) is 17.8 Å². The van der Waals surface area contributed by atoms with Crippen molar-refractivity contribution in [3.63, 3.8) is 0 Å². The van der Waals surface area contributed by atoms with Crippen LogP contribution in [0.5, 0.6) is 5.75 Å². The first-order valence-electron chi connectivity index (χ1n) is 3.52. The Morgan fingerprint density at radius 3 is 2.33 bits per heavy atom. The highest BCUT2D eigenvalue weighted by atomic mass is 32.3. The molecule has 0 atom stereocenters. The van der Waals surface area contributed by atoms with Crippen LogP contribution >= 0.6 is 12.0 Å². The van der Waals surface area contributed by atoms with E-state index in [1.807, 2.05) is 0 Å². The van der Waals surface area contributed by atoms with Gasteiger partial charge in [0.2, 0.25) is 10.4 Å². The van der Waals surface area contributed by atoms with Crippen molar-refractivity contribution in [1.82, 2.24) is 6.15 Å². The van der Waals surface area contributed by atoms with Crippen LogP contribution in [0.15, 0.2) is 24.3 Å². The fourth-order valence-corrected chi connectivity index (χ4v) is 1.74. The predicted octanol–water partition coefficient (Wildman–Crippen LogP) is 1.39. The van der Waals surface area contributed by atoms with Crippen LogP contribution < -0.4 is 6.15 Å². The van der Waals surface area contributed by atoms with Gasteiger partial charge in [0.15, 0.2) is 0 Å². The molecule has 8 heteroatoms. The van der Waals surface area contributed by atoms with E-state index in [4.69, 9.17) is 5.11 Å². The molecule has 0 unspecified atom stereocenters. The Morgan fingerprint density at radius 1 is 1.33 bits per heavy atom. The molecule has 0 bridgehead atoms. The van der Waals surface area contributed by atoms with Crippen molar-refractivity contribution in [3.8, 4) is 5.75 Å². The Kier molecular flexibility index (Phi) is 5.61. The maximum atomic E-state index is 10.0. The molecule has 0 amide bonds. The van der Waals surface area contributed by atoms with Crippen LogP contribution in [0.1, 0.15) is 5.56 Å². The van der Waals surface area contributed by atoms with Crippen molar-refractivity contribution in [2.75, 3.05) is 0 Å². The van der Waals surface area contributed by atoms with Gasteiger partial charge in [-0.3, -0.25) is 0 Å². The van der Waals surface area contributed by atoms with Crippen LogP contribution in [0.25, 0.3) is 0 Å². The van der Waals surface area contributed by atoms with Crippen LogP contribution in [0.4, 0.5) is 0 Å². The van der Waals surface area contributed by atoms with Gasteiger partial charge in [-0.15, -0.1) is 0 Å². The lowest BCUT2D eigenvalue weighted by Crippen LogP contribution is -1.97. The average Bonchev–Trinajstić information content (AvgIpc) is 2.06. The monoisotopic (exact) mass is 253 g/mol. The minimum atomic E-state index is -4.64. The van der Waals surface area contributed by atoms with Gasteiger partial charge in [-0.2, -0.15) is 0 Å². The second kappa shape index (κ2) is 5.93. The third-order valence-corrected chi connectivity index (χ3v) is 2.80. The lowest BCUT2D eigenvalue weighted by molar-refractivity contribution is 0.391. The minimum Gasteiger partial charge on any atom is -0.725 e. The molecular weight excluding hydrogens is 242 g/mol. The minimum absolute atomic E-state index is 0. The highest BCUT2D eigenvalue weighted by Gasteiger charge is 1.98. The topological polar surface area (TPSA) is 123 Å². The lowest BCUT2D eigenvalue weighted by Gasteiger charge is -2.05. The van der Waals surface area contributed by atoms with E-state index < -0.39 is 10.4 Å². The fourth-order valence-electron chi connectivity index (χ4n) is 0.743. The molecule has 0 heterocycles. The normalized spacial score (nSPS) is 10.7. The molecule has 0 spiro atoms. The summed E-state index contributed by atoms with van der Waals surface area (Å²) in [6.07, 6.45) is 0. The van der Waals surface area contributed by atoms with E-state index in [0.717, 1.165) is 5.56 Å². The summed E-state index contributed by atoms with van der Waals surface area (Å²) in [4.78, 5) is 0. The smallest absolute Gasteiger partial charge is 0.228 e. The molecule has 1 aromatic carbocycles. The Bertz CT molecular complexity index is 388. The van der Waals surface area contributed by atoms with Crippen LogP contribution in [0.2, 0.25) is 0 Å². The summed E-state index contributed by atoms with van der Waals surface area (Å²) in [5.41, 5.74) is 0.747. The van der Waals surface area contributed by atoms with Gasteiger partial charge in [-0.1, -0.05) is 12.1 Å². The van der Waals surface area contributed by atoms with E-state index in [-0.39, 0.29) is 17.7 Å². The highest BCUT2D eigenvalue weighted by molar-refractivity contribution is 8.02. The molecule has 0 saturated carbocycles. The standard InChI is InChI=1S/C7H8O5S2.H3N/c8-7-3-1-6(2-4-7)5-13-12-14(9,10)11;/h1-4,8H,5H2,(H,9,10,11);1H3. The van der Waals surface area contributed by atoms with Gasteiger partial charge in [0.1, 0.15) is 5.75 Å². The molecule has 86 valence electrons. The number of phenolic OH excluding ortho intramolecular Hbond substituents is 1. The van der Waals surface area contributed by atoms with Crippen LogP contribution in [0.3, 0.4) is 0 Å². The zero-order chi connectivity index (χ0) is 10.6. The lowest BCUT2D eigenvalue weighted by atomic mass is 10.2. The van der Waals surface area contributed by atoms with Crippen LogP contribution in [0, 0.1) is 0 Å². The van der Waals surface area contributed by atoms with Crippen LogP contribution in [-0.2, 0) is 19.8 Å². The molecule has 5 N–H and O–H groups in total. The molecule has 0 radical (unpaired) electrons. The average molecular weight is 253 g/mol. The molecule has 6 nitrogen and oxygen atoms in total. The molecule has 0 aliphatic heterocycles. The van der Waals surface area contributed by atoms with E-state index in [1.165, 1.54) is 12.1 Å². The molecule has 0 saturated heterocycles. The molecule has 1 aromatic rings. The Morgan fingerprint density at radius 2 is 1.87 bits per heavy atom. The predicted molar refractivity (Wildman–Crippen MR) is 56.2 cm³/mol. The molecular formula is C7H11NO5S2. The van der Waals surface area contributed by atoms with E-state index >= 15 is 0 Å². The van der Waals surface area contributed by atoms with Gasteiger partial charge >= 0.3 is 0 Å². The summed E-state index contributed by atoms with van der Waals surface area (Å²) in [6, 6.07) is 6.12. The largest absolute Gasteiger partial charge is 0.725 e. The first-order valence-corrected chi connectivity index (χ1v) is 5.76. The number of phenols is 1. The number of aromatic hydroxyl groups is 1. The van der Waals surface area contributed by atoms with Crippen LogP contribution in [-0.4, -0.2) is 18.1 Å². The summed E-state index contributed by atoms with van der Waals surface area (Å²) >= 11 is 0.537. The van der Waals surface area contributed by atoms with Gasteiger partial charge in [-0.25, -0.2) is 12.0 Å². The van der Waals surface area contributed by atoms with Crippen molar-refractivity contribution in [2.24, 2.45) is 0 Å². The Balaban J connectivity index is 0.00000196. The van der Waals surface area contributed by atoms with E-state index in [0.29, 0.717) is 12.0 Å². The number of hydrogen-bond acceptors (Lipinski definition) is 6. The number of hydrogen-bond donors (Lipinski definition) is 2. The van der Waals surface area contributed by atoms with E-state index in [9.17, 15) is 13.0 Å². The van der Waals surface area contributed by atoms with Crippen molar-refractivity contribution in [1.29, 1.82) is 0 Å². The van der Waals surface area contributed by atoms with E-state index in [1.54, 1.807) is 12.1 Å². The molecule has 0 aromatic heterocycles. The summed E-state index contributed by atoms with van der Waals surface area (Å²) < 4.78 is 34.0. The maximum Gasteiger partial charge on any atom is 0.228 e. The SMILES string of the molecule is O=S(=O)([O-])OSCc1ccc(O)cc1.[NH4+]. The maximum absolute atomic E-state index is 10.0. The summed E-state index contributed by atoms with van der Waals surface area (Å²) in [7, 11) is -4.64. The van der Waals surface area contributed by atoms with Gasteiger partial charge in [0.05, 0.1) is 0 Å². The third-order valence-electron chi connectivity index (χ3n) is 1.29. The first-order chi connectivity index (χ1) is 6.47. The summed E-state index contributed by atoms with van der Waals surface area (Å²) in [6.45, 7) is 0. The molecule has 15 heavy (non-hydrogen) atoms. The second-order valence-electron chi connectivity index (χ2n) is 2.40. The molecule has 0 aliphatic carbocycles. The number of benzene rings is 1. The Labute approximate surface area is 92.0 Å². The quantitative estimate of drug-likeness (QED) is 0.475. The van der Waals surface area contributed by atoms with Crippen molar-refractivity contribution >= 4 is 22.4 Å². The van der Waals surface area contributed by atoms with Crippen molar-refractivity contribution in [3.05, 3.63) is 29.8 Å². The first kappa shape index (κ1) is 14.2.